The smallest absolute Gasteiger partial charge is 0.407 e. The molecule has 0 radical (unpaired) electrons. The van der Waals surface area contributed by atoms with Gasteiger partial charge in [0.15, 0.2) is 0 Å². The molecule has 4 rings (SSSR count). The van der Waals surface area contributed by atoms with Gasteiger partial charge in [0.1, 0.15) is 18.1 Å². The number of anilines is 1. The fourth-order valence-electron chi connectivity index (χ4n) is 3.79. The molecule has 0 aliphatic carbocycles. The number of carbonyl (C=O) groups excluding carboxylic acids is 1. The van der Waals surface area contributed by atoms with Crippen LogP contribution in [0.1, 0.15) is 6.42 Å². The Labute approximate surface area is 163 Å². The van der Waals surface area contributed by atoms with Gasteiger partial charge in [0.2, 0.25) is 0 Å². The quantitative estimate of drug-likeness (QED) is 0.771. The lowest BCUT2D eigenvalue weighted by Gasteiger charge is -2.31. The van der Waals surface area contributed by atoms with Gasteiger partial charge in [0.25, 0.3) is 5.91 Å². The first-order valence-corrected chi connectivity index (χ1v) is 9.44. The number of piperazine rings is 1. The first kappa shape index (κ1) is 18.4. The molecule has 2 fully saturated rings. The first-order valence-electron chi connectivity index (χ1n) is 9.44. The molecule has 0 saturated carbocycles. The monoisotopic (exact) mass is 387 g/mol. The Morgan fingerprint density at radius 3 is 2.79 bits per heavy atom. The largest absolute Gasteiger partial charge is 0.494 e. The van der Waals surface area contributed by atoms with E-state index in [9.17, 15) is 9.59 Å². The van der Waals surface area contributed by atoms with Crippen LogP contribution < -0.4 is 15.0 Å². The molecule has 28 heavy (non-hydrogen) atoms. The van der Waals surface area contributed by atoms with E-state index in [1.807, 2.05) is 47.3 Å². The molecule has 1 atom stereocenters. The summed E-state index contributed by atoms with van der Waals surface area (Å²) in [7, 11) is 1.96. The van der Waals surface area contributed by atoms with Crippen LogP contribution in [0, 0.1) is 0 Å². The van der Waals surface area contributed by atoms with Crippen molar-refractivity contribution >= 4 is 17.7 Å². The summed E-state index contributed by atoms with van der Waals surface area (Å²) in [6.07, 6.45) is 1.74. The van der Waals surface area contributed by atoms with E-state index in [4.69, 9.17) is 9.84 Å². The molecular weight excluding hydrogens is 362 g/mol. The van der Waals surface area contributed by atoms with Crippen molar-refractivity contribution in [1.29, 1.82) is 0 Å². The van der Waals surface area contributed by atoms with Crippen LogP contribution >= 0.6 is 0 Å². The van der Waals surface area contributed by atoms with Gasteiger partial charge in [-0.15, -0.1) is 0 Å². The van der Waals surface area contributed by atoms with E-state index in [-0.39, 0.29) is 11.9 Å². The molecule has 2 amide bonds. The van der Waals surface area contributed by atoms with Crippen molar-refractivity contribution in [3.8, 4) is 5.75 Å². The molecule has 3 aliphatic heterocycles. The summed E-state index contributed by atoms with van der Waals surface area (Å²) in [6.45, 7) is 3.46. The number of nitrogens with one attached hydrogen (secondary N) is 1. The summed E-state index contributed by atoms with van der Waals surface area (Å²) >= 11 is 0. The highest BCUT2D eigenvalue weighted by atomic mass is 16.5. The van der Waals surface area contributed by atoms with Crippen LogP contribution in [-0.2, 0) is 4.79 Å². The predicted octanol–water partition coefficient (Wildman–Crippen LogP) is 0.758. The fraction of sp³-hybridized carbons (Fsp3) is 0.474. The minimum Gasteiger partial charge on any atom is -0.494 e. The van der Waals surface area contributed by atoms with E-state index in [2.05, 4.69) is 5.32 Å². The molecule has 3 heterocycles. The van der Waals surface area contributed by atoms with Gasteiger partial charge in [0.05, 0.1) is 13.3 Å². The standard InChI is InChI=1S/C19H25N5O4/c1-21-11-17-18(25)24(13-23(17)12-21)15-2-4-16(5-3-15)28-9-6-14-10-22(19(26)27)8-7-20-14/h2-5,11,14,20H,6-10,12-13H2,1H3,(H,26,27)/t14-/m1/s1. The molecule has 9 heteroatoms. The van der Waals surface area contributed by atoms with Crippen molar-refractivity contribution in [1.82, 2.24) is 20.0 Å². The normalized spacial score (nSPS) is 21.8. The Morgan fingerprint density at radius 2 is 2.07 bits per heavy atom. The molecule has 2 saturated heterocycles. The number of amides is 2. The van der Waals surface area contributed by atoms with Gasteiger partial charge in [0, 0.05) is 44.6 Å². The van der Waals surface area contributed by atoms with E-state index in [1.165, 1.54) is 4.90 Å². The second kappa shape index (κ2) is 7.59. The predicted molar refractivity (Wildman–Crippen MR) is 103 cm³/mol. The van der Waals surface area contributed by atoms with E-state index < -0.39 is 6.09 Å². The molecular formula is C19H25N5O4. The summed E-state index contributed by atoms with van der Waals surface area (Å²) < 4.78 is 5.80. The van der Waals surface area contributed by atoms with E-state index in [0.29, 0.717) is 32.9 Å². The summed E-state index contributed by atoms with van der Waals surface area (Å²) in [5.74, 6) is 0.755. The molecule has 0 unspecified atom stereocenters. The molecule has 1 aromatic carbocycles. The topological polar surface area (TPSA) is 88.6 Å². The first-order chi connectivity index (χ1) is 13.5. The highest BCUT2D eigenvalue weighted by Crippen LogP contribution is 2.29. The second-order valence-electron chi connectivity index (χ2n) is 7.34. The molecule has 0 bridgehead atoms. The molecule has 9 nitrogen and oxygen atoms in total. The van der Waals surface area contributed by atoms with E-state index >= 15 is 0 Å². The van der Waals surface area contributed by atoms with Gasteiger partial charge in [-0.1, -0.05) is 0 Å². The Hall–Kier alpha value is -2.94. The Morgan fingerprint density at radius 1 is 1.29 bits per heavy atom. The van der Waals surface area contributed by atoms with Crippen molar-refractivity contribution < 1.29 is 19.4 Å². The third kappa shape index (κ3) is 3.70. The Kier molecular flexibility index (Phi) is 4.99. The number of nitrogens with zero attached hydrogens (tertiary/aromatic N) is 4. The molecule has 1 aromatic rings. The van der Waals surface area contributed by atoms with Crippen molar-refractivity contribution in [2.24, 2.45) is 0 Å². The zero-order valence-corrected chi connectivity index (χ0v) is 15.9. The highest BCUT2D eigenvalue weighted by molar-refractivity contribution is 6.07. The van der Waals surface area contributed by atoms with Gasteiger partial charge in [-0.3, -0.25) is 9.69 Å². The van der Waals surface area contributed by atoms with Crippen LogP contribution in [0.3, 0.4) is 0 Å². The fourth-order valence-corrected chi connectivity index (χ4v) is 3.79. The van der Waals surface area contributed by atoms with Crippen LogP contribution in [0.5, 0.6) is 5.75 Å². The summed E-state index contributed by atoms with van der Waals surface area (Å²) in [5, 5.41) is 12.4. The number of fused-ring (bicyclic) bond motifs is 1. The number of ether oxygens (including phenoxy) is 1. The number of carboxylic acid groups (broad SMARTS) is 1. The lowest BCUT2D eigenvalue weighted by molar-refractivity contribution is -0.114. The summed E-state index contributed by atoms with van der Waals surface area (Å²) in [5.41, 5.74) is 1.58. The van der Waals surface area contributed by atoms with Crippen LogP contribution in [0.2, 0.25) is 0 Å². The number of rotatable bonds is 5. The zero-order valence-electron chi connectivity index (χ0n) is 15.9. The average Bonchev–Trinajstić information content (AvgIpc) is 3.20. The number of hydrogen-bond acceptors (Lipinski definition) is 6. The van der Waals surface area contributed by atoms with E-state index in [1.54, 1.807) is 4.90 Å². The Balaban J connectivity index is 1.28. The van der Waals surface area contributed by atoms with Gasteiger partial charge < -0.3 is 29.9 Å². The number of carbonyl (C=O) groups is 2. The minimum absolute atomic E-state index is 0.0179. The maximum atomic E-state index is 12.5. The molecule has 2 N–H and O–H groups in total. The number of hydrogen-bond donors (Lipinski definition) is 2. The van der Waals surface area contributed by atoms with Crippen LogP contribution in [0.15, 0.2) is 36.2 Å². The summed E-state index contributed by atoms with van der Waals surface area (Å²) in [6, 6.07) is 7.62. The Bertz CT molecular complexity index is 781. The van der Waals surface area contributed by atoms with Crippen LogP contribution in [0.25, 0.3) is 0 Å². The number of benzene rings is 1. The minimum atomic E-state index is -0.873. The molecule has 0 spiro atoms. The van der Waals surface area contributed by atoms with E-state index in [0.717, 1.165) is 30.2 Å². The third-order valence-electron chi connectivity index (χ3n) is 5.26. The highest BCUT2D eigenvalue weighted by Gasteiger charge is 2.37. The van der Waals surface area contributed by atoms with Gasteiger partial charge in [-0.25, -0.2) is 4.79 Å². The van der Waals surface area contributed by atoms with Crippen LogP contribution in [-0.4, -0.2) is 84.5 Å². The maximum absolute atomic E-state index is 12.5. The lowest BCUT2D eigenvalue weighted by Crippen LogP contribution is -2.52. The molecule has 150 valence electrons. The molecule has 3 aliphatic rings. The maximum Gasteiger partial charge on any atom is 0.407 e. The van der Waals surface area contributed by atoms with Gasteiger partial charge in [-0.2, -0.15) is 0 Å². The summed E-state index contributed by atoms with van der Waals surface area (Å²) in [4.78, 5) is 30.8. The van der Waals surface area contributed by atoms with Crippen molar-refractivity contribution in [2.75, 3.05) is 51.5 Å². The van der Waals surface area contributed by atoms with Crippen molar-refractivity contribution in [3.05, 3.63) is 36.2 Å². The van der Waals surface area contributed by atoms with Crippen molar-refractivity contribution in [2.45, 2.75) is 12.5 Å². The SMILES string of the molecule is CN1C=C2C(=O)N(c3ccc(OCC[C@@H]4CN(C(=O)O)CCN4)cc3)CN2C1. The van der Waals surface area contributed by atoms with Gasteiger partial charge >= 0.3 is 6.09 Å². The molecule has 0 aromatic heterocycles. The zero-order chi connectivity index (χ0) is 19.7. The van der Waals surface area contributed by atoms with Crippen molar-refractivity contribution in [3.63, 3.8) is 0 Å². The van der Waals surface area contributed by atoms with Gasteiger partial charge in [-0.05, 0) is 30.7 Å². The lowest BCUT2D eigenvalue weighted by atomic mass is 10.1. The second-order valence-corrected chi connectivity index (χ2v) is 7.34. The third-order valence-corrected chi connectivity index (χ3v) is 5.26. The van der Waals surface area contributed by atoms with Crippen LogP contribution in [0.4, 0.5) is 10.5 Å². The average molecular weight is 387 g/mol.